The second kappa shape index (κ2) is 13.3. The largest absolute Gasteiger partial charge is 0.481 e. The number of ketones is 1. The van der Waals surface area contributed by atoms with Crippen LogP contribution < -0.4 is 14.8 Å². The zero-order valence-electron chi connectivity index (χ0n) is 20.8. The molecule has 210 valence electrons. The van der Waals surface area contributed by atoms with E-state index in [1.165, 1.54) is 17.9 Å². The Balaban J connectivity index is 1.67. The van der Waals surface area contributed by atoms with E-state index in [0.717, 1.165) is 0 Å². The molecule has 0 unspecified atom stereocenters. The molecule has 13 heteroatoms. The number of carbonyl (C=O) groups is 4. The van der Waals surface area contributed by atoms with Gasteiger partial charge in [-0.2, -0.15) is 4.39 Å². The van der Waals surface area contributed by atoms with E-state index >= 15 is 0 Å². The van der Waals surface area contributed by atoms with Crippen LogP contribution in [0.3, 0.4) is 0 Å². The number of amides is 2. The summed E-state index contributed by atoms with van der Waals surface area (Å²) in [6.45, 7) is 0.358. The van der Waals surface area contributed by atoms with Crippen molar-refractivity contribution in [3.05, 3.63) is 58.4 Å². The topological polar surface area (TPSA) is 122 Å². The van der Waals surface area contributed by atoms with Crippen LogP contribution in [0.15, 0.2) is 30.3 Å². The molecule has 2 atom stereocenters. The average molecular weight is 571 g/mol. The Hall–Kier alpha value is -3.80. The van der Waals surface area contributed by atoms with Crippen molar-refractivity contribution in [1.82, 2.24) is 10.2 Å². The maximum absolute atomic E-state index is 14.2. The van der Waals surface area contributed by atoms with Gasteiger partial charge in [0, 0.05) is 13.1 Å². The van der Waals surface area contributed by atoms with E-state index in [4.69, 9.17) is 21.1 Å². The number of rotatable bonds is 9. The van der Waals surface area contributed by atoms with Gasteiger partial charge in [0.25, 0.3) is 0 Å². The lowest BCUT2D eigenvalue weighted by molar-refractivity contribution is -0.141. The monoisotopic (exact) mass is 570 g/mol. The van der Waals surface area contributed by atoms with Crippen LogP contribution in [0.5, 0.6) is 11.5 Å². The van der Waals surface area contributed by atoms with Crippen molar-refractivity contribution in [2.24, 2.45) is 5.92 Å². The fourth-order valence-corrected chi connectivity index (χ4v) is 4.16. The molecule has 0 aromatic heterocycles. The maximum Gasteiger partial charge on any atom is 0.415 e. The molecule has 1 fully saturated rings. The van der Waals surface area contributed by atoms with Crippen LogP contribution in [-0.4, -0.2) is 59.5 Å². The Morgan fingerprint density at radius 1 is 1.15 bits per heavy atom. The first-order valence-electron chi connectivity index (χ1n) is 12.0. The molecule has 0 spiro atoms. The number of carboxylic acid groups (broad SMARTS) is 1. The van der Waals surface area contributed by atoms with E-state index in [1.807, 2.05) is 0 Å². The Labute approximate surface area is 226 Å². The van der Waals surface area contributed by atoms with Crippen molar-refractivity contribution < 1.29 is 46.9 Å². The molecular weight excluding hydrogens is 545 g/mol. The first-order chi connectivity index (χ1) is 18.5. The van der Waals surface area contributed by atoms with Gasteiger partial charge in [-0.15, -0.1) is 0 Å². The van der Waals surface area contributed by atoms with Crippen LogP contribution in [0.4, 0.5) is 18.0 Å². The van der Waals surface area contributed by atoms with Crippen molar-refractivity contribution in [3.63, 3.8) is 0 Å². The van der Waals surface area contributed by atoms with Crippen LogP contribution >= 0.6 is 11.6 Å². The molecule has 1 heterocycles. The lowest BCUT2D eigenvalue weighted by atomic mass is 10.0. The summed E-state index contributed by atoms with van der Waals surface area (Å²) in [5.74, 6) is -9.19. The number of aliphatic carboxylic acids is 1. The highest BCUT2D eigenvalue weighted by Crippen LogP contribution is 2.27. The van der Waals surface area contributed by atoms with Gasteiger partial charge in [0.1, 0.15) is 12.6 Å². The Kier molecular flexibility index (Phi) is 10.2. The summed E-state index contributed by atoms with van der Waals surface area (Å²) in [6.07, 6.45) is -0.107. The van der Waals surface area contributed by atoms with Gasteiger partial charge in [0.15, 0.2) is 28.9 Å². The normalized spacial score (nSPS) is 16.1. The van der Waals surface area contributed by atoms with Gasteiger partial charge in [-0.05, 0) is 43.5 Å². The summed E-state index contributed by atoms with van der Waals surface area (Å²) in [5, 5.41) is 11.8. The number of benzene rings is 2. The fourth-order valence-electron chi connectivity index (χ4n) is 3.99. The zero-order chi connectivity index (χ0) is 28.7. The average Bonchev–Trinajstić information content (AvgIpc) is 3.15. The van der Waals surface area contributed by atoms with Crippen LogP contribution in [0.25, 0.3) is 0 Å². The first kappa shape index (κ1) is 29.8. The highest BCUT2D eigenvalue weighted by molar-refractivity contribution is 6.32. The minimum Gasteiger partial charge on any atom is -0.481 e. The molecule has 1 aliphatic heterocycles. The Morgan fingerprint density at radius 3 is 2.56 bits per heavy atom. The number of hydrogen-bond acceptors (Lipinski definition) is 6. The molecule has 9 nitrogen and oxygen atoms in total. The number of ether oxygens (including phenoxy) is 2. The minimum atomic E-state index is -1.65. The number of Topliss-reactive ketones (excluding diaryl/α,β-unsaturated/α-hetero) is 1. The lowest BCUT2D eigenvalue weighted by Crippen LogP contribution is -2.48. The molecular formula is C26H26ClF3N2O7. The van der Waals surface area contributed by atoms with Gasteiger partial charge in [0.05, 0.1) is 17.4 Å². The number of nitrogens with one attached hydrogen (secondary N) is 1. The third kappa shape index (κ3) is 7.85. The number of likely N-dealkylation sites (tertiary alicyclic amines) is 1. The second-order valence-corrected chi connectivity index (χ2v) is 9.39. The number of para-hydroxylation sites is 1. The van der Waals surface area contributed by atoms with E-state index in [9.17, 15) is 37.5 Å². The minimum absolute atomic E-state index is 0.0708. The lowest BCUT2D eigenvalue weighted by Gasteiger charge is -2.25. The summed E-state index contributed by atoms with van der Waals surface area (Å²) in [4.78, 5) is 51.1. The smallest absolute Gasteiger partial charge is 0.415 e. The predicted molar refractivity (Wildman–Crippen MR) is 132 cm³/mol. The number of halogens is 4. The Morgan fingerprint density at radius 2 is 1.87 bits per heavy atom. The number of carbonyl (C=O) groups excluding carboxylic acids is 3. The van der Waals surface area contributed by atoms with Crippen LogP contribution in [0.1, 0.15) is 31.2 Å². The van der Waals surface area contributed by atoms with Gasteiger partial charge in [0.2, 0.25) is 11.7 Å². The van der Waals surface area contributed by atoms with Gasteiger partial charge in [-0.1, -0.05) is 30.2 Å². The second-order valence-electron chi connectivity index (χ2n) is 8.98. The van der Waals surface area contributed by atoms with E-state index in [0.29, 0.717) is 31.9 Å². The molecule has 2 aromatic carbocycles. The third-order valence-electron chi connectivity index (χ3n) is 6.07. The van der Waals surface area contributed by atoms with Crippen molar-refractivity contribution >= 4 is 35.4 Å². The molecule has 3 rings (SSSR count). The molecule has 39 heavy (non-hydrogen) atoms. The number of aryl methyl sites for hydroxylation is 1. The van der Waals surface area contributed by atoms with Crippen LogP contribution in [0.2, 0.25) is 5.02 Å². The van der Waals surface area contributed by atoms with Crippen molar-refractivity contribution in [2.45, 2.75) is 38.6 Å². The molecule has 1 aliphatic rings. The van der Waals surface area contributed by atoms with E-state index in [2.05, 4.69) is 5.32 Å². The highest BCUT2D eigenvalue weighted by atomic mass is 35.5. The van der Waals surface area contributed by atoms with Gasteiger partial charge in [-0.25, -0.2) is 13.6 Å². The zero-order valence-corrected chi connectivity index (χ0v) is 21.6. The van der Waals surface area contributed by atoms with Crippen LogP contribution in [-0.2, 0) is 14.4 Å². The first-order valence-corrected chi connectivity index (χ1v) is 12.4. The standard InChI is InChI=1S/C26H26ClF3N2O7/c1-14-10-17(28)23(30)24(22(14)29)38-13-19(33)18(11-21(34)35)31-25(36)15-6-4-5-9-32(12-15)26(37)39-20-8-3-2-7-16(20)27/h2-3,7-8,10,15,18H,4-6,9,11-13H2,1H3,(H,31,36)(H,34,35)/t15-,18-/m0/s1. The summed E-state index contributed by atoms with van der Waals surface area (Å²) in [6, 6.07) is 5.36. The Bertz CT molecular complexity index is 1230. The maximum atomic E-state index is 14.2. The predicted octanol–water partition coefficient (Wildman–Crippen LogP) is 4.27. The van der Waals surface area contributed by atoms with Crippen molar-refractivity contribution in [3.8, 4) is 11.5 Å². The molecule has 2 N–H and O–H groups in total. The fraction of sp³-hybridized carbons (Fsp3) is 0.385. The highest BCUT2D eigenvalue weighted by Gasteiger charge is 2.32. The summed E-state index contributed by atoms with van der Waals surface area (Å²) in [7, 11) is 0. The summed E-state index contributed by atoms with van der Waals surface area (Å²) >= 11 is 6.03. The molecule has 0 radical (unpaired) electrons. The number of hydrogen-bond donors (Lipinski definition) is 2. The molecule has 2 amide bonds. The van der Waals surface area contributed by atoms with Crippen LogP contribution in [0, 0.1) is 30.3 Å². The molecule has 2 aromatic rings. The van der Waals surface area contributed by atoms with Gasteiger partial charge < -0.3 is 24.8 Å². The molecule has 0 bridgehead atoms. The number of nitrogens with zero attached hydrogens (tertiary/aromatic N) is 1. The number of carboxylic acids is 1. The third-order valence-corrected chi connectivity index (χ3v) is 6.39. The summed E-state index contributed by atoms with van der Waals surface area (Å²) in [5.41, 5.74) is -0.266. The SMILES string of the molecule is Cc1cc(F)c(F)c(OCC(=O)[C@H](CC(=O)O)NC(=O)[C@H]2CCCCN(C(=O)Oc3ccccc3Cl)C2)c1F. The van der Waals surface area contributed by atoms with Gasteiger partial charge >= 0.3 is 12.1 Å². The molecule has 0 saturated carbocycles. The van der Waals surface area contributed by atoms with Gasteiger partial charge in [-0.3, -0.25) is 14.4 Å². The van der Waals surface area contributed by atoms with E-state index < -0.39 is 71.9 Å². The molecule has 0 aliphatic carbocycles. The summed E-state index contributed by atoms with van der Waals surface area (Å²) < 4.78 is 52.0. The quantitative estimate of drug-likeness (QED) is 0.432. The van der Waals surface area contributed by atoms with Crippen molar-refractivity contribution in [1.29, 1.82) is 0 Å². The molecule has 1 saturated heterocycles. The van der Waals surface area contributed by atoms with Crippen molar-refractivity contribution in [2.75, 3.05) is 19.7 Å². The van der Waals surface area contributed by atoms with E-state index in [-0.39, 0.29) is 22.9 Å². The van der Waals surface area contributed by atoms with E-state index in [1.54, 1.807) is 18.2 Å².